The van der Waals surface area contributed by atoms with E-state index in [9.17, 15) is 0 Å². The standard InChI is InChI=1S/C21H40N4O2/c1-3-22-21(23-15-18-8-11-24(4-2)16-18)25-12-9-19(10-13-25)27-17-20-7-5-6-14-26-20/h18-20H,3-17H2,1-2H3,(H,22,23). The molecule has 0 aromatic rings. The molecule has 3 fully saturated rings. The van der Waals surface area contributed by atoms with E-state index >= 15 is 0 Å². The van der Waals surface area contributed by atoms with Gasteiger partial charge in [0.05, 0.1) is 18.8 Å². The van der Waals surface area contributed by atoms with Gasteiger partial charge in [0, 0.05) is 39.3 Å². The van der Waals surface area contributed by atoms with E-state index < -0.39 is 0 Å². The summed E-state index contributed by atoms with van der Waals surface area (Å²) in [5.41, 5.74) is 0. The van der Waals surface area contributed by atoms with Crippen LogP contribution in [0.4, 0.5) is 0 Å². The molecule has 0 bridgehead atoms. The highest BCUT2D eigenvalue weighted by atomic mass is 16.5. The maximum absolute atomic E-state index is 6.16. The lowest BCUT2D eigenvalue weighted by Crippen LogP contribution is -2.47. The highest BCUT2D eigenvalue weighted by Gasteiger charge is 2.25. The molecule has 6 heteroatoms. The molecule has 3 aliphatic heterocycles. The first-order valence-electron chi connectivity index (χ1n) is 11.3. The zero-order valence-corrected chi connectivity index (χ0v) is 17.5. The summed E-state index contributed by atoms with van der Waals surface area (Å²) in [6, 6.07) is 0. The van der Waals surface area contributed by atoms with Crippen LogP contribution in [-0.4, -0.2) is 87.0 Å². The van der Waals surface area contributed by atoms with Crippen LogP contribution in [0.5, 0.6) is 0 Å². The zero-order valence-electron chi connectivity index (χ0n) is 17.5. The molecule has 0 amide bonds. The van der Waals surface area contributed by atoms with Gasteiger partial charge in [-0.1, -0.05) is 6.92 Å². The van der Waals surface area contributed by atoms with Gasteiger partial charge in [0.1, 0.15) is 0 Å². The molecular formula is C21H40N4O2. The van der Waals surface area contributed by atoms with Gasteiger partial charge in [0.15, 0.2) is 5.96 Å². The molecule has 0 aliphatic carbocycles. The van der Waals surface area contributed by atoms with Gasteiger partial charge in [-0.05, 0) is 64.5 Å². The summed E-state index contributed by atoms with van der Waals surface area (Å²) in [6.45, 7) is 13.7. The summed E-state index contributed by atoms with van der Waals surface area (Å²) in [6.07, 6.45) is 7.81. The highest BCUT2D eigenvalue weighted by molar-refractivity contribution is 5.80. The number of piperidine rings is 1. The molecule has 0 saturated carbocycles. The summed E-state index contributed by atoms with van der Waals surface area (Å²) in [5.74, 6) is 1.82. The summed E-state index contributed by atoms with van der Waals surface area (Å²) in [7, 11) is 0. The normalized spacial score (nSPS) is 28.7. The van der Waals surface area contributed by atoms with Crippen LogP contribution in [0, 0.1) is 5.92 Å². The van der Waals surface area contributed by atoms with E-state index in [2.05, 4.69) is 29.0 Å². The minimum absolute atomic E-state index is 0.324. The lowest BCUT2D eigenvalue weighted by molar-refractivity contribution is -0.0721. The molecule has 0 aromatic carbocycles. The van der Waals surface area contributed by atoms with E-state index in [1.54, 1.807) is 0 Å². The first-order valence-corrected chi connectivity index (χ1v) is 11.3. The Morgan fingerprint density at radius 3 is 2.63 bits per heavy atom. The van der Waals surface area contributed by atoms with Gasteiger partial charge in [-0.2, -0.15) is 0 Å². The number of ether oxygens (including phenoxy) is 2. The van der Waals surface area contributed by atoms with Gasteiger partial charge in [-0.3, -0.25) is 4.99 Å². The number of rotatable bonds is 7. The molecule has 3 heterocycles. The summed E-state index contributed by atoms with van der Waals surface area (Å²) < 4.78 is 11.9. The molecule has 0 spiro atoms. The van der Waals surface area contributed by atoms with Crippen LogP contribution in [-0.2, 0) is 9.47 Å². The van der Waals surface area contributed by atoms with Crippen LogP contribution >= 0.6 is 0 Å². The average molecular weight is 381 g/mol. The molecule has 3 saturated heterocycles. The van der Waals surface area contributed by atoms with Crippen molar-refractivity contribution in [2.24, 2.45) is 10.9 Å². The summed E-state index contributed by atoms with van der Waals surface area (Å²) in [4.78, 5) is 9.93. The topological polar surface area (TPSA) is 49.3 Å². The Bertz CT molecular complexity index is 445. The molecule has 3 rings (SSSR count). The van der Waals surface area contributed by atoms with Crippen molar-refractivity contribution in [3.63, 3.8) is 0 Å². The van der Waals surface area contributed by atoms with E-state index in [1.165, 1.54) is 38.9 Å². The molecule has 2 atom stereocenters. The molecule has 1 N–H and O–H groups in total. The van der Waals surface area contributed by atoms with E-state index in [-0.39, 0.29) is 0 Å². The quantitative estimate of drug-likeness (QED) is 0.543. The minimum Gasteiger partial charge on any atom is -0.376 e. The lowest BCUT2D eigenvalue weighted by Gasteiger charge is -2.35. The van der Waals surface area contributed by atoms with Crippen molar-refractivity contribution in [3.8, 4) is 0 Å². The van der Waals surface area contributed by atoms with E-state index in [0.29, 0.717) is 12.2 Å². The number of hydrogen-bond acceptors (Lipinski definition) is 4. The number of nitrogens with zero attached hydrogens (tertiary/aromatic N) is 3. The van der Waals surface area contributed by atoms with Crippen LogP contribution in [0.15, 0.2) is 4.99 Å². The van der Waals surface area contributed by atoms with Crippen LogP contribution in [0.2, 0.25) is 0 Å². The number of likely N-dealkylation sites (tertiary alicyclic amines) is 2. The predicted molar refractivity (Wildman–Crippen MR) is 110 cm³/mol. The molecular weight excluding hydrogens is 340 g/mol. The Morgan fingerprint density at radius 1 is 1.11 bits per heavy atom. The van der Waals surface area contributed by atoms with Crippen molar-refractivity contribution in [2.75, 3.05) is 59.0 Å². The van der Waals surface area contributed by atoms with Crippen molar-refractivity contribution < 1.29 is 9.47 Å². The second-order valence-electron chi connectivity index (χ2n) is 8.25. The van der Waals surface area contributed by atoms with Gasteiger partial charge in [0.2, 0.25) is 0 Å². The van der Waals surface area contributed by atoms with Crippen molar-refractivity contribution in [1.29, 1.82) is 0 Å². The van der Waals surface area contributed by atoms with Gasteiger partial charge in [-0.15, -0.1) is 0 Å². The minimum atomic E-state index is 0.324. The second kappa shape index (κ2) is 11.2. The van der Waals surface area contributed by atoms with Crippen LogP contribution in [0.3, 0.4) is 0 Å². The fourth-order valence-corrected chi connectivity index (χ4v) is 4.41. The van der Waals surface area contributed by atoms with Crippen molar-refractivity contribution in [1.82, 2.24) is 15.1 Å². The lowest BCUT2D eigenvalue weighted by atomic mass is 10.1. The number of hydrogen-bond donors (Lipinski definition) is 1. The van der Waals surface area contributed by atoms with Crippen molar-refractivity contribution in [2.45, 2.75) is 64.6 Å². The monoisotopic (exact) mass is 380 g/mol. The van der Waals surface area contributed by atoms with Crippen molar-refractivity contribution >= 4 is 5.96 Å². The molecule has 2 unspecified atom stereocenters. The largest absolute Gasteiger partial charge is 0.376 e. The fraction of sp³-hybridized carbons (Fsp3) is 0.952. The molecule has 0 aromatic heterocycles. The van der Waals surface area contributed by atoms with Gasteiger partial charge in [0.25, 0.3) is 0 Å². The van der Waals surface area contributed by atoms with E-state index in [1.807, 2.05) is 0 Å². The summed E-state index contributed by atoms with van der Waals surface area (Å²) in [5, 5.41) is 3.50. The van der Waals surface area contributed by atoms with Crippen LogP contribution in [0.25, 0.3) is 0 Å². The summed E-state index contributed by atoms with van der Waals surface area (Å²) >= 11 is 0. The maximum atomic E-state index is 6.16. The Labute approximate surface area is 165 Å². The molecule has 0 radical (unpaired) electrons. The van der Waals surface area contributed by atoms with Crippen molar-refractivity contribution in [3.05, 3.63) is 0 Å². The SMILES string of the molecule is CCNC(=NCC1CCN(CC)C1)N1CCC(OCC2CCCCO2)CC1. The Morgan fingerprint density at radius 2 is 1.96 bits per heavy atom. The van der Waals surface area contributed by atoms with E-state index in [4.69, 9.17) is 14.5 Å². The first-order chi connectivity index (χ1) is 13.3. The maximum Gasteiger partial charge on any atom is 0.193 e. The smallest absolute Gasteiger partial charge is 0.193 e. The third kappa shape index (κ3) is 6.61. The number of aliphatic imine (C=N–C) groups is 1. The number of guanidine groups is 1. The Balaban J connectivity index is 1.40. The average Bonchev–Trinajstić information content (AvgIpc) is 3.19. The highest BCUT2D eigenvalue weighted by Crippen LogP contribution is 2.19. The van der Waals surface area contributed by atoms with Gasteiger partial charge in [-0.25, -0.2) is 0 Å². The Hall–Kier alpha value is -0.850. The van der Waals surface area contributed by atoms with Crippen LogP contribution in [0.1, 0.15) is 52.4 Å². The molecule has 3 aliphatic rings. The third-order valence-electron chi connectivity index (χ3n) is 6.18. The zero-order chi connectivity index (χ0) is 18.9. The molecule has 6 nitrogen and oxygen atoms in total. The number of nitrogens with one attached hydrogen (secondary N) is 1. The Kier molecular flexibility index (Phi) is 8.68. The predicted octanol–water partition coefficient (Wildman–Crippen LogP) is 2.34. The first kappa shape index (κ1) is 20.9. The third-order valence-corrected chi connectivity index (χ3v) is 6.18. The molecule has 156 valence electrons. The molecule has 27 heavy (non-hydrogen) atoms. The fourth-order valence-electron chi connectivity index (χ4n) is 4.41. The second-order valence-corrected chi connectivity index (χ2v) is 8.25. The van der Waals surface area contributed by atoms with Crippen LogP contribution < -0.4 is 5.32 Å². The van der Waals surface area contributed by atoms with E-state index in [0.717, 1.165) is 70.5 Å². The van der Waals surface area contributed by atoms with Gasteiger partial charge < -0.3 is 24.6 Å². The van der Waals surface area contributed by atoms with Gasteiger partial charge >= 0.3 is 0 Å².